The fourth-order valence-corrected chi connectivity index (χ4v) is 9.39. The molecule has 0 amide bonds. The van der Waals surface area contributed by atoms with Crippen LogP contribution in [0.15, 0.2) is 140 Å². The Labute approximate surface area is 200 Å². The van der Waals surface area contributed by atoms with Gasteiger partial charge in [-0.05, 0) is 0 Å². The summed E-state index contributed by atoms with van der Waals surface area (Å²) in [6.45, 7) is 0. The van der Waals surface area contributed by atoms with Crippen LogP contribution in [0.1, 0.15) is 10.4 Å². The predicted octanol–water partition coefficient (Wildman–Crippen LogP) is 5.64. The van der Waals surface area contributed by atoms with Gasteiger partial charge < -0.3 is 0 Å². The van der Waals surface area contributed by atoms with E-state index in [1.165, 1.54) is 21.2 Å². The number of ether oxygens (including phenoxy) is 1. The topological polar surface area (TPSA) is 26.3 Å². The zero-order valence-corrected chi connectivity index (χ0v) is 19.7. The van der Waals surface area contributed by atoms with Crippen molar-refractivity contribution in [3.8, 4) is 11.5 Å². The summed E-state index contributed by atoms with van der Waals surface area (Å²) in [6.07, 6.45) is 0.837. The van der Waals surface area contributed by atoms with E-state index in [9.17, 15) is 4.79 Å². The SMILES string of the molecule is O=Cc1ccc(Oc2cccc([PH](c3ccccc3)(c3ccccc3)c3ccccc3)c2)cc1. The van der Waals surface area contributed by atoms with Crippen LogP contribution >= 0.6 is 7.26 Å². The molecule has 3 heteroatoms. The molecule has 0 unspecified atom stereocenters. The number of rotatable bonds is 7. The van der Waals surface area contributed by atoms with Gasteiger partial charge in [0.15, 0.2) is 0 Å². The summed E-state index contributed by atoms with van der Waals surface area (Å²) >= 11 is 0. The summed E-state index contributed by atoms with van der Waals surface area (Å²) in [5, 5.41) is 5.21. The van der Waals surface area contributed by atoms with Crippen LogP contribution < -0.4 is 26.0 Å². The van der Waals surface area contributed by atoms with E-state index in [4.69, 9.17) is 4.74 Å². The molecular formula is C31H25O2P. The number of hydrogen-bond donors (Lipinski definition) is 0. The van der Waals surface area contributed by atoms with Crippen LogP contribution in [-0.4, -0.2) is 6.29 Å². The van der Waals surface area contributed by atoms with Gasteiger partial charge in [-0.15, -0.1) is 0 Å². The third kappa shape index (κ3) is 4.17. The van der Waals surface area contributed by atoms with Crippen molar-refractivity contribution >= 4 is 34.8 Å². The predicted molar refractivity (Wildman–Crippen MR) is 145 cm³/mol. The molecule has 0 bridgehead atoms. The maximum absolute atomic E-state index is 11.0. The van der Waals surface area contributed by atoms with Gasteiger partial charge in [0.1, 0.15) is 0 Å². The Hall–Kier alpha value is -4.00. The third-order valence-electron chi connectivity index (χ3n) is 6.14. The van der Waals surface area contributed by atoms with E-state index in [-0.39, 0.29) is 0 Å². The van der Waals surface area contributed by atoms with Gasteiger partial charge in [-0.1, -0.05) is 0 Å². The molecule has 0 atom stereocenters. The monoisotopic (exact) mass is 460 g/mol. The van der Waals surface area contributed by atoms with Crippen molar-refractivity contribution in [2.75, 3.05) is 0 Å². The molecule has 0 aliphatic heterocycles. The van der Waals surface area contributed by atoms with Crippen molar-refractivity contribution in [1.82, 2.24) is 0 Å². The second kappa shape index (κ2) is 9.87. The van der Waals surface area contributed by atoms with Crippen LogP contribution in [0.2, 0.25) is 0 Å². The van der Waals surface area contributed by atoms with Crippen LogP contribution in [0.25, 0.3) is 0 Å². The van der Waals surface area contributed by atoms with Crippen LogP contribution in [0.3, 0.4) is 0 Å². The second-order valence-electron chi connectivity index (χ2n) is 8.16. The zero-order valence-electron chi connectivity index (χ0n) is 18.7. The van der Waals surface area contributed by atoms with Crippen LogP contribution in [0, 0.1) is 0 Å². The van der Waals surface area contributed by atoms with E-state index in [2.05, 4.69) is 109 Å². The molecule has 0 saturated heterocycles. The standard InChI is InChI=1S/C31H25O2P/c32-24-25-19-21-26(22-20-25)33-27-11-10-18-31(23-27)34(28-12-4-1-5-13-28,29-14-6-2-7-15-29)30-16-8-3-9-17-30/h1-24,34H. The van der Waals surface area contributed by atoms with Crippen LogP contribution in [0.4, 0.5) is 0 Å². The number of carbonyl (C=O) groups is 1. The Morgan fingerprint density at radius 1 is 0.471 bits per heavy atom. The fourth-order valence-electron chi connectivity index (χ4n) is 4.61. The molecule has 5 aromatic rings. The van der Waals surface area contributed by atoms with E-state index in [1.807, 2.05) is 18.2 Å². The van der Waals surface area contributed by atoms with Gasteiger partial charge in [0.25, 0.3) is 0 Å². The Balaban J connectivity index is 1.71. The summed E-state index contributed by atoms with van der Waals surface area (Å²) in [5.74, 6) is 1.48. The molecule has 166 valence electrons. The molecule has 0 aliphatic carbocycles. The van der Waals surface area contributed by atoms with Crippen molar-refractivity contribution in [2.45, 2.75) is 0 Å². The first-order valence-electron chi connectivity index (χ1n) is 11.3. The summed E-state index contributed by atoms with van der Waals surface area (Å²) in [4.78, 5) is 11.0. The molecule has 5 rings (SSSR count). The summed E-state index contributed by atoms with van der Waals surface area (Å²) in [6, 6.07) is 48.1. The number of benzene rings is 5. The Kier molecular flexibility index (Phi) is 6.33. The number of carbonyl (C=O) groups excluding carboxylic acids is 1. The van der Waals surface area contributed by atoms with Gasteiger partial charge in [0.2, 0.25) is 0 Å². The first-order chi connectivity index (χ1) is 16.8. The molecule has 5 aromatic carbocycles. The zero-order chi connectivity index (χ0) is 23.2. The first-order valence-corrected chi connectivity index (χ1v) is 13.3. The third-order valence-corrected chi connectivity index (χ3v) is 10.9. The summed E-state index contributed by atoms with van der Waals surface area (Å²) in [5.41, 5.74) is 0.629. The average Bonchev–Trinajstić information content (AvgIpc) is 2.92. The van der Waals surface area contributed by atoms with E-state index in [0.717, 1.165) is 12.0 Å². The maximum atomic E-state index is 11.0. The Morgan fingerprint density at radius 3 is 1.41 bits per heavy atom. The molecule has 0 N–H and O–H groups in total. The molecular weight excluding hydrogens is 435 g/mol. The Morgan fingerprint density at radius 2 is 0.941 bits per heavy atom. The van der Waals surface area contributed by atoms with E-state index in [0.29, 0.717) is 11.3 Å². The van der Waals surface area contributed by atoms with Gasteiger partial charge in [0.05, 0.1) is 0 Å². The molecule has 0 saturated carbocycles. The van der Waals surface area contributed by atoms with E-state index < -0.39 is 7.26 Å². The van der Waals surface area contributed by atoms with Crippen molar-refractivity contribution in [3.63, 3.8) is 0 Å². The molecule has 0 aromatic heterocycles. The van der Waals surface area contributed by atoms with Crippen LogP contribution in [-0.2, 0) is 0 Å². The average molecular weight is 461 g/mol. The molecule has 2 nitrogen and oxygen atoms in total. The van der Waals surface area contributed by atoms with E-state index in [1.54, 1.807) is 12.1 Å². The van der Waals surface area contributed by atoms with Crippen molar-refractivity contribution in [1.29, 1.82) is 0 Å². The summed E-state index contributed by atoms with van der Waals surface area (Å²) < 4.78 is 6.23. The molecule has 0 heterocycles. The van der Waals surface area contributed by atoms with Crippen molar-refractivity contribution in [2.24, 2.45) is 0 Å². The molecule has 0 aliphatic rings. The van der Waals surface area contributed by atoms with Gasteiger partial charge >= 0.3 is 201 Å². The molecule has 0 radical (unpaired) electrons. The minimum absolute atomic E-state index is 0.629. The van der Waals surface area contributed by atoms with Gasteiger partial charge in [-0.3, -0.25) is 0 Å². The van der Waals surface area contributed by atoms with Crippen molar-refractivity contribution in [3.05, 3.63) is 145 Å². The van der Waals surface area contributed by atoms with Gasteiger partial charge in [0, 0.05) is 0 Å². The normalized spacial score (nSPS) is 11.5. The van der Waals surface area contributed by atoms with Gasteiger partial charge in [-0.25, -0.2) is 0 Å². The van der Waals surface area contributed by atoms with Crippen molar-refractivity contribution < 1.29 is 9.53 Å². The molecule has 0 fully saturated rings. The fraction of sp³-hybridized carbons (Fsp3) is 0. The molecule has 34 heavy (non-hydrogen) atoms. The second-order valence-corrected chi connectivity index (χ2v) is 12.0. The molecule has 0 spiro atoms. The van der Waals surface area contributed by atoms with Crippen LogP contribution in [0.5, 0.6) is 11.5 Å². The quantitative estimate of drug-likeness (QED) is 0.232. The van der Waals surface area contributed by atoms with E-state index >= 15 is 0 Å². The Bertz CT molecular complexity index is 1270. The minimum atomic E-state index is -2.59. The first kappa shape index (κ1) is 21.8. The number of aldehydes is 1. The van der Waals surface area contributed by atoms with Gasteiger partial charge in [-0.2, -0.15) is 0 Å². The number of hydrogen-bond acceptors (Lipinski definition) is 2. The summed E-state index contributed by atoms with van der Waals surface area (Å²) in [7, 11) is -2.59.